The summed E-state index contributed by atoms with van der Waals surface area (Å²) in [6.45, 7) is 1.97. The number of rotatable bonds is 6. The first-order valence-corrected chi connectivity index (χ1v) is 5.79. The molecule has 78 valence electrons. The minimum atomic E-state index is 0.654. The van der Waals surface area contributed by atoms with Gasteiger partial charge in [0.15, 0.2) is 0 Å². The Labute approximate surface area is 89.6 Å². The zero-order chi connectivity index (χ0) is 10.2. The Kier molecular flexibility index (Phi) is 5.68. The van der Waals surface area contributed by atoms with Crippen molar-refractivity contribution in [2.75, 3.05) is 26.6 Å². The average Bonchev–Trinajstić information content (AvgIpc) is 2.25. The maximum atomic E-state index is 5.40. The monoisotopic (exact) mass is 212 g/mol. The molecule has 3 heteroatoms. The van der Waals surface area contributed by atoms with Crippen molar-refractivity contribution in [3.05, 3.63) is 29.8 Å². The quantitative estimate of drug-likeness (QED) is 0.533. The highest BCUT2D eigenvalue weighted by molar-refractivity contribution is 7.98. The molecule has 0 fully saturated rings. The zero-order valence-corrected chi connectivity index (χ0v) is 9.47. The fourth-order valence-electron chi connectivity index (χ4n) is 1.05. The molecule has 0 heterocycles. The Morgan fingerprint density at radius 2 is 1.86 bits per heavy atom. The second kappa shape index (κ2) is 6.87. The molecule has 1 aromatic rings. The molecule has 0 N–H and O–H groups in total. The summed E-state index contributed by atoms with van der Waals surface area (Å²) in [6, 6.07) is 8.41. The third-order valence-electron chi connectivity index (χ3n) is 1.86. The number of methoxy groups -OCH3 is 1. The van der Waals surface area contributed by atoms with Crippen molar-refractivity contribution < 1.29 is 9.47 Å². The molecule has 1 aromatic carbocycles. The lowest BCUT2D eigenvalue weighted by Crippen LogP contribution is -2.01. The molecule has 0 unspecified atom stereocenters. The SMILES string of the molecule is COCCOCc1ccc(SC)cc1. The molecular weight excluding hydrogens is 196 g/mol. The van der Waals surface area contributed by atoms with Crippen LogP contribution in [0, 0.1) is 0 Å². The lowest BCUT2D eigenvalue weighted by molar-refractivity contribution is 0.0616. The van der Waals surface area contributed by atoms with Crippen molar-refractivity contribution in [3.63, 3.8) is 0 Å². The Morgan fingerprint density at radius 1 is 1.14 bits per heavy atom. The molecular formula is C11H16O2S. The molecule has 1 rings (SSSR count). The van der Waals surface area contributed by atoms with Gasteiger partial charge in [0, 0.05) is 12.0 Å². The Balaban J connectivity index is 2.29. The van der Waals surface area contributed by atoms with Crippen LogP contribution in [0.25, 0.3) is 0 Å². The summed E-state index contributed by atoms with van der Waals surface area (Å²) in [5, 5.41) is 0. The van der Waals surface area contributed by atoms with Gasteiger partial charge in [-0.1, -0.05) is 12.1 Å². The first kappa shape index (κ1) is 11.6. The predicted octanol–water partition coefficient (Wildman–Crippen LogP) is 2.57. The van der Waals surface area contributed by atoms with E-state index in [4.69, 9.17) is 9.47 Å². The lowest BCUT2D eigenvalue weighted by atomic mass is 10.2. The Bertz CT molecular complexity index is 246. The van der Waals surface area contributed by atoms with Crippen molar-refractivity contribution >= 4 is 11.8 Å². The van der Waals surface area contributed by atoms with Gasteiger partial charge >= 0.3 is 0 Å². The first-order chi connectivity index (χ1) is 6.86. The maximum absolute atomic E-state index is 5.40. The molecule has 0 aliphatic carbocycles. The number of hydrogen-bond donors (Lipinski definition) is 0. The van der Waals surface area contributed by atoms with Crippen molar-refractivity contribution in [1.82, 2.24) is 0 Å². The van der Waals surface area contributed by atoms with Gasteiger partial charge in [-0.05, 0) is 24.0 Å². The largest absolute Gasteiger partial charge is 0.382 e. The van der Waals surface area contributed by atoms with Gasteiger partial charge in [-0.3, -0.25) is 0 Å². The van der Waals surface area contributed by atoms with Crippen LogP contribution in [0.2, 0.25) is 0 Å². The zero-order valence-electron chi connectivity index (χ0n) is 8.66. The van der Waals surface area contributed by atoms with Crippen LogP contribution in [0.4, 0.5) is 0 Å². The molecule has 14 heavy (non-hydrogen) atoms. The van der Waals surface area contributed by atoms with Gasteiger partial charge in [0.2, 0.25) is 0 Å². The molecule has 0 saturated heterocycles. The fraction of sp³-hybridized carbons (Fsp3) is 0.455. The smallest absolute Gasteiger partial charge is 0.0718 e. The number of hydrogen-bond acceptors (Lipinski definition) is 3. The molecule has 2 nitrogen and oxygen atoms in total. The van der Waals surface area contributed by atoms with Crippen LogP contribution < -0.4 is 0 Å². The maximum Gasteiger partial charge on any atom is 0.0718 e. The molecule has 0 aliphatic heterocycles. The molecule has 0 atom stereocenters. The van der Waals surface area contributed by atoms with E-state index in [2.05, 4.69) is 30.5 Å². The third-order valence-corrected chi connectivity index (χ3v) is 2.60. The first-order valence-electron chi connectivity index (χ1n) is 4.56. The van der Waals surface area contributed by atoms with Crippen molar-refractivity contribution in [2.45, 2.75) is 11.5 Å². The standard InChI is InChI=1S/C11H16O2S/c1-12-7-8-13-9-10-3-5-11(14-2)6-4-10/h3-6H,7-9H2,1-2H3. The summed E-state index contributed by atoms with van der Waals surface area (Å²) in [4.78, 5) is 1.28. The second-order valence-electron chi connectivity index (χ2n) is 2.89. The van der Waals surface area contributed by atoms with Crippen LogP contribution in [-0.2, 0) is 16.1 Å². The fourth-order valence-corrected chi connectivity index (χ4v) is 1.46. The lowest BCUT2D eigenvalue weighted by Gasteiger charge is -2.04. The van der Waals surface area contributed by atoms with Crippen molar-refractivity contribution in [1.29, 1.82) is 0 Å². The summed E-state index contributed by atoms with van der Waals surface area (Å²) < 4.78 is 10.3. The predicted molar refractivity (Wildman–Crippen MR) is 59.8 cm³/mol. The van der Waals surface area contributed by atoms with E-state index >= 15 is 0 Å². The topological polar surface area (TPSA) is 18.5 Å². The van der Waals surface area contributed by atoms with Gasteiger partial charge in [-0.25, -0.2) is 0 Å². The van der Waals surface area contributed by atoms with Gasteiger partial charge in [-0.2, -0.15) is 0 Å². The van der Waals surface area contributed by atoms with Gasteiger partial charge in [0.1, 0.15) is 0 Å². The Morgan fingerprint density at radius 3 is 2.43 bits per heavy atom. The molecule has 0 aromatic heterocycles. The van der Waals surface area contributed by atoms with Crippen LogP contribution in [0.3, 0.4) is 0 Å². The molecule has 0 saturated carbocycles. The van der Waals surface area contributed by atoms with Crippen LogP contribution in [0.5, 0.6) is 0 Å². The highest BCUT2D eigenvalue weighted by atomic mass is 32.2. The van der Waals surface area contributed by atoms with Gasteiger partial charge < -0.3 is 9.47 Å². The number of benzene rings is 1. The van der Waals surface area contributed by atoms with E-state index in [1.165, 1.54) is 10.5 Å². The summed E-state index contributed by atoms with van der Waals surface area (Å²) >= 11 is 1.75. The van der Waals surface area contributed by atoms with E-state index in [0.29, 0.717) is 19.8 Å². The minimum absolute atomic E-state index is 0.654. The summed E-state index contributed by atoms with van der Waals surface area (Å²) in [5.41, 5.74) is 1.21. The summed E-state index contributed by atoms with van der Waals surface area (Å²) in [5.74, 6) is 0. The number of thioether (sulfide) groups is 1. The Hall–Kier alpha value is -0.510. The highest BCUT2D eigenvalue weighted by Crippen LogP contribution is 2.15. The normalized spacial score (nSPS) is 10.4. The third kappa shape index (κ3) is 4.13. The second-order valence-corrected chi connectivity index (χ2v) is 3.77. The van der Waals surface area contributed by atoms with Crippen LogP contribution in [-0.4, -0.2) is 26.6 Å². The van der Waals surface area contributed by atoms with Crippen LogP contribution in [0.1, 0.15) is 5.56 Å². The van der Waals surface area contributed by atoms with E-state index in [9.17, 15) is 0 Å². The molecule has 0 amide bonds. The van der Waals surface area contributed by atoms with E-state index in [1.807, 2.05) is 0 Å². The van der Waals surface area contributed by atoms with E-state index in [-0.39, 0.29) is 0 Å². The molecule has 0 aliphatic rings. The van der Waals surface area contributed by atoms with Gasteiger partial charge in [0.05, 0.1) is 19.8 Å². The average molecular weight is 212 g/mol. The van der Waals surface area contributed by atoms with E-state index < -0.39 is 0 Å². The van der Waals surface area contributed by atoms with Crippen LogP contribution >= 0.6 is 11.8 Å². The van der Waals surface area contributed by atoms with Gasteiger partial charge in [0.25, 0.3) is 0 Å². The summed E-state index contributed by atoms with van der Waals surface area (Å²) in [6.07, 6.45) is 2.07. The highest BCUT2D eigenvalue weighted by Gasteiger charge is 1.93. The van der Waals surface area contributed by atoms with E-state index in [0.717, 1.165) is 0 Å². The molecule has 0 spiro atoms. The van der Waals surface area contributed by atoms with Crippen LogP contribution in [0.15, 0.2) is 29.2 Å². The molecule has 0 bridgehead atoms. The number of ether oxygens (including phenoxy) is 2. The summed E-state index contributed by atoms with van der Waals surface area (Å²) in [7, 11) is 1.68. The van der Waals surface area contributed by atoms with Crippen molar-refractivity contribution in [2.24, 2.45) is 0 Å². The van der Waals surface area contributed by atoms with Crippen molar-refractivity contribution in [3.8, 4) is 0 Å². The van der Waals surface area contributed by atoms with Gasteiger partial charge in [-0.15, -0.1) is 11.8 Å². The minimum Gasteiger partial charge on any atom is -0.382 e. The van der Waals surface area contributed by atoms with E-state index in [1.54, 1.807) is 18.9 Å². The molecule has 0 radical (unpaired) electrons.